The molecule has 0 aliphatic heterocycles. The van der Waals surface area contributed by atoms with Gasteiger partial charge in [0.05, 0.1) is 0 Å². The summed E-state index contributed by atoms with van der Waals surface area (Å²) in [6.07, 6.45) is 3.71. The average molecular weight is 335 g/mol. The largest absolute Gasteiger partial charge is 0.347 e. The van der Waals surface area contributed by atoms with Crippen molar-refractivity contribution in [2.45, 2.75) is 33.4 Å². The lowest BCUT2D eigenvalue weighted by atomic mass is 10.2. The van der Waals surface area contributed by atoms with Gasteiger partial charge in [0.15, 0.2) is 0 Å². The van der Waals surface area contributed by atoms with E-state index in [1.54, 1.807) is 6.26 Å². The molecule has 2 aromatic rings. The average Bonchev–Trinajstić information content (AvgIpc) is 2.79. The van der Waals surface area contributed by atoms with Crippen molar-refractivity contribution in [1.82, 2.24) is 9.88 Å². The number of urea groups is 1. The summed E-state index contributed by atoms with van der Waals surface area (Å²) in [5.41, 5.74) is 1.92. The molecule has 0 unspecified atom stereocenters. The first kappa shape index (κ1) is 17.5. The monoisotopic (exact) mass is 335 g/mol. The number of rotatable bonds is 6. The van der Waals surface area contributed by atoms with Crippen LogP contribution < -0.4 is 10.6 Å². The Balaban J connectivity index is 2.03. The molecule has 1 heterocycles. The number of carbonyl (C=O) groups excluding carboxylic acids is 1. The van der Waals surface area contributed by atoms with Gasteiger partial charge >= 0.3 is 6.03 Å². The van der Waals surface area contributed by atoms with E-state index in [4.69, 9.17) is 0 Å². The molecule has 2 rings (SSSR count). The molecule has 0 radical (unpaired) electrons. The second-order valence-corrected chi connectivity index (χ2v) is 7.85. The van der Waals surface area contributed by atoms with Crippen LogP contribution >= 0.6 is 0 Å². The van der Waals surface area contributed by atoms with E-state index in [-0.39, 0.29) is 12.1 Å². The molecule has 0 saturated carbocycles. The quantitative estimate of drug-likeness (QED) is 0.851. The van der Waals surface area contributed by atoms with Crippen molar-refractivity contribution in [3.63, 3.8) is 0 Å². The van der Waals surface area contributed by atoms with Gasteiger partial charge in [0.2, 0.25) is 0 Å². The number of anilines is 1. The summed E-state index contributed by atoms with van der Waals surface area (Å²) in [6.45, 7) is 7.20. The highest BCUT2D eigenvalue weighted by atomic mass is 32.2. The molecule has 126 valence electrons. The SMILES string of the molecule is CC(C)Cn1ccc2cc(NC(=O)N[C@H](C)C[S@@](C)=O)ccc21. The van der Waals surface area contributed by atoms with E-state index in [9.17, 15) is 9.00 Å². The Morgan fingerprint density at radius 1 is 1.26 bits per heavy atom. The molecule has 2 atom stereocenters. The second-order valence-electron chi connectivity index (χ2n) is 6.37. The fraction of sp³-hybridized carbons (Fsp3) is 0.471. The third-order valence-electron chi connectivity index (χ3n) is 3.45. The van der Waals surface area contributed by atoms with Gasteiger partial charge in [0.25, 0.3) is 0 Å². The molecule has 23 heavy (non-hydrogen) atoms. The Kier molecular flexibility index (Phi) is 5.82. The van der Waals surface area contributed by atoms with Gasteiger partial charge in [-0.05, 0) is 37.1 Å². The number of nitrogens with one attached hydrogen (secondary N) is 2. The van der Waals surface area contributed by atoms with Crippen LogP contribution in [0.1, 0.15) is 20.8 Å². The molecular weight excluding hydrogens is 310 g/mol. The Hall–Kier alpha value is -1.82. The fourth-order valence-electron chi connectivity index (χ4n) is 2.62. The number of benzene rings is 1. The zero-order valence-electron chi connectivity index (χ0n) is 14.1. The highest BCUT2D eigenvalue weighted by Crippen LogP contribution is 2.21. The third-order valence-corrected chi connectivity index (χ3v) is 4.42. The first-order valence-corrected chi connectivity index (χ1v) is 9.54. The van der Waals surface area contributed by atoms with Crippen molar-refractivity contribution < 1.29 is 9.00 Å². The highest BCUT2D eigenvalue weighted by molar-refractivity contribution is 7.84. The van der Waals surface area contributed by atoms with Crippen molar-refractivity contribution in [1.29, 1.82) is 0 Å². The smallest absolute Gasteiger partial charge is 0.319 e. The molecule has 0 aliphatic rings. The van der Waals surface area contributed by atoms with Crippen LogP contribution in [-0.4, -0.2) is 32.9 Å². The Morgan fingerprint density at radius 2 is 2.00 bits per heavy atom. The minimum absolute atomic E-state index is 0.128. The molecule has 2 N–H and O–H groups in total. The van der Waals surface area contributed by atoms with Gasteiger partial charge in [-0.3, -0.25) is 4.21 Å². The van der Waals surface area contributed by atoms with Gasteiger partial charge < -0.3 is 15.2 Å². The van der Waals surface area contributed by atoms with Crippen LogP contribution in [0.25, 0.3) is 10.9 Å². The van der Waals surface area contributed by atoms with Crippen LogP contribution in [0.4, 0.5) is 10.5 Å². The third kappa shape index (κ3) is 5.10. The first-order valence-electron chi connectivity index (χ1n) is 7.81. The molecule has 0 bridgehead atoms. The molecule has 0 aliphatic carbocycles. The van der Waals surface area contributed by atoms with Crippen LogP contribution in [0.5, 0.6) is 0 Å². The lowest BCUT2D eigenvalue weighted by molar-refractivity contribution is 0.250. The summed E-state index contributed by atoms with van der Waals surface area (Å²) >= 11 is 0. The van der Waals surface area contributed by atoms with Crippen molar-refractivity contribution in [3.05, 3.63) is 30.5 Å². The van der Waals surface area contributed by atoms with Crippen LogP contribution in [-0.2, 0) is 17.3 Å². The maximum Gasteiger partial charge on any atom is 0.319 e. The summed E-state index contributed by atoms with van der Waals surface area (Å²) < 4.78 is 13.4. The molecule has 6 heteroatoms. The molecule has 1 aromatic carbocycles. The van der Waals surface area contributed by atoms with Gasteiger partial charge in [-0.1, -0.05) is 13.8 Å². The van der Waals surface area contributed by atoms with Crippen molar-refractivity contribution in [3.8, 4) is 0 Å². The Morgan fingerprint density at radius 3 is 2.65 bits per heavy atom. The zero-order valence-corrected chi connectivity index (χ0v) is 14.9. The minimum Gasteiger partial charge on any atom is -0.347 e. The molecule has 0 saturated heterocycles. The number of carbonyl (C=O) groups is 1. The number of hydrogen-bond acceptors (Lipinski definition) is 2. The van der Waals surface area contributed by atoms with Gasteiger partial charge in [-0.2, -0.15) is 0 Å². The summed E-state index contributed by atoms with van der Waals surface area (Å²) in [7, 11) is -0.925. The first-order chi connectivity index (χ1) is 10.8. The molecular formula is C17H25N3O2S. The zero-order chi connectivity index (χ0) is 17.0. The molecule has 1 aromatic heterocycles. The summed E-state index contributed by atoms with van der Waals surface area (Å²) in [4.78, 5) is 12.0. The van der Waals surface area contributed by atoms with Crippen molar-refractivity contribution in [2.24, 2.45) is 5.92 Å². The molecule has 0 fully saturated rings. The Labute approximate surface area is 139 Å². The summed E-state index contributed by atoms with van der Waals surface area (Å²) in [5, 5.41) is 6.72. The number of fused-ring (bicyclic) bond motifs is 1. The molecule has 2 amide bonds. The van der Waals surface area contributed by atoms with Gasteiger partial charge in [0, 0.05) is 58.2 Å². The maximum atomic E-state index is 12.0. The van der Waals surface area contributed by atoms with Crippen LogP contribution in [0.2, 0.25) is 0 Å². The normalized spacial score (nSPS) is 14.0. The fourth-order valence-corrected chi connectivity index (χ4v) is 3.40. The van der Waals surface area contributed by atoms with E-state index in [2.05, 4.69) is 41.3 Å². The maximum absolute atomic E-state index is 12.0. The second kappa shape index (κ2) is 7.64. The summed E-state index contributed by atoms with van der Waals surface area (Å²) in [5.74, 6) is 1.03. The lowest BCUT2D eigenvalue weighted by Crippen LogP contribution is -2.39. The van der Waals surface area contributed by atoms with Gasteiger partial charge in [-0.15, -0.1) is 0 Å². The van der Waals surface area contributed by atoms with E-state index >= 15 is 0 Å². The number of nitrogens with zero attached hydrogens (tertiary/aromatic N) is 1. The predicted molar refractivity (Wildman–Crippen MR) is 97.3 cm³/mol. The van der Waals surface area contributed by atoms with Crippen LogP contribution in [0, 0.1) is 5.92 Å². The van der Waals surface area contributed by atoms with E-state index < -0.39 is 10.8 Å². The predicted octanol–water partition coefficient (Wildman–Crippen LogP) is 3.19. The van der Waals surface area contributed by atoms with Gasteiger partial charge in [0.1, 0.15) is 0 Å². The number of hydrogen-bond donors (Lipinski definition) is 2. The molecule has 5 nitrogen and oxygen atoms in total. The van der Waals surface area contributed by atoms with Crippen molar-refractivity contribution >= 4 is 33.4 Å². The Bertz CT molecular complexity index is 709. The van der Waals surface area contributed by atoms with Crippen LogP contribution in [0.3, 0.4) is 0 Å². The lowest BCUT2D eigenvalue weighted by Gasteiger charge is -2.13. The highest BCUT2D eigenvalue weighted by Gasteiger charge is 2.10. The topological polar surface area (TPSA) is 63.1 Å². The number of aromatic nitrogens is 1. The van der Waals surface area contributed by atoms with E-state index in [1.165, 1.54) is 5.52 Å². The number of amides is 2. The van der Waals surface area contributed by atoms with Crippen LogP contribution in [0.15, 0.2) is 30.5 Å². The molecule has 0 spiro atoms. The van der Waals surface area contributed by atoms with E-state index in [1.807, 2.05) is 25.1 Å². The van der Waals surface area contributed by atoms with E-state index in [0.29, 0.717) is 11.7 Å². The van der Waals surface area contributed by atoms with Gasteiger partial charge in [-0.25, -0.2) is 4.79 Å². The van der Waals surface area contributed by atoms with Crippen molar-refractivity contribution in [2.75, 3.05) is 17.3 Å². The summed E-state index contributed by atoms with van der Waals surface area (Å²) in [6, 6.07) is 7.55. The minimum atomic E-state index is -0.925. The van der Waals surface area contributed by atoms with E-state index in [0.717, 1.165) is 17.6 Å². The standard InChI is InChI=1S/C17H25N3O2S/c1-12(2)10-20-8-7-14-9-15(5-6-16(14)20)19-17(21)18-13(3)11-23(4)22/h5-9,12-13H,10-11H2,1-4H3,(H2,18,19,21)/t13-,23-/m1/s1.